The fourth-order valence-electron chi connectivity index (χ4n) is 4.05. The summed E-state index contributed by atoms with van der Waals surface area (Å²) in [5, 5.41) is 0. The van der Waals surface area contributed by atoms with E-state index in [4.69, 9.17) is 13.6 Å². The van der Waals surface area contributed by atoms with Crippen molar-refractivity contribution in [3.05, 3.63) is 29.9 Å². The molecule has 0 atom stereocenters. The van der Waals surface area contributed by atoms with Crippen LogP contribution in [0.2, 0.25) is 0 Å². The fourth-order valence-corrected chi connectivity index (χ4v) is 4.05. The Bertz CT molecular complexity index is 931. The number of carbonyl (C=O) groups excluding carboxylic acids is 2. The van der Waals surface area contributed by atoms with E-state index < -0.39 is 5.60 Å². The Balaban J connectivity index is 1.34. The lowest BCUT2D eigenvalue weighted by molar-refractivity contribution is -0.132. The van der Waals surface area contributed by atoms with Crippen molar-refractivity contribution in [2.45, 2.75) is 71.4 Å². The van der Waals surface area contributed by atoms with Crippen LogP contribution in [0.25, 0.3) is 11.7 Å². The van der Waals surface area contributed by atoms with Crippen molar-refractivity contribution in [3.63, 3.8) is 0 Å². The van der Waals surface area contributed by atoms with Gasteiger partial charge in [-0.1, -0.05) is 0 Å². The number of rotatable bonds is 6. The summed E-state index contributed by atoms with van der Waals surface area (Å²) in [5.74, 6) is 2.17. The van der Waals surface area contributed by atoms with Gasteiger partial charge in [0, 0.05) is 25.7 Å². The van der Waals surface area contributed by atoms with E-state index in [1.54, 1.807) is 18.4 Å². The second-order valence-electron chi connectivity index (χ2n) is 9.86. The molecule has 1 aliphatic heterocycles. The van der Waals surface area contributed by atoms with E-state index in [1.165, 1.54) is 12.8 Å². The second kappa shape index (κ2) is 9.00. The average Bonchev–Trinajstić information content (AvgIpc) is 3.23. The summed E-state index contributed by atoms with van der Waals surface area (Å²) in [4.78, 5) is 33.9. The number of furan rings is 1. The molecule has 8 heteroatoms. The lowest BCUT2D eigenvalue weighted by Gasteiger charge is -2.39. The molecule has 0 spiro atoms. The summed E-state index contributed by atoms with van der Waals surface area (Å²) in [6.45, 7) is 9.48. The topological polar surface area (TPSA) is 89.0 Å². The van der Waals surface area contributed by atoms with Crippen molar-refractivity contribution in [3.8, 4) is 11.7 Å². The predicted octanol–water partition coefficient (Wildman–Crippen LogP) is 4.42. The molecule has 2 amide bonds. The minimum atomic E-state index is -0.514. The summed E-state index contributed by atoms with van der Waals surface area (Å²) in [6.07, 6.45) is 5.38. The van der Waals surface area contributed by atoms with Gasteiger partial charge in [-0.3, -0.25) is 4.79 Å². The van der Waals surface area contributed by atoms with Gasteiger partial charge in [0.2, 0.25) is 5.91 Å². The molecule has 0 bridgehead atoms. The number of aromatic nitrogens is 1. The first kappa shape index (κ1) is 22.4. The van der Waals surface area contributed by atoms with Crippen LogP contribution in [0, 0.1) is 12.8 Å². The van der Waals surface area contributed by atoms with Gasteiger partial charge in [-0.25, -0.2) is 9.78 Å². The zero-order valence-corrected chi connectivity index (χ0v) is 19.4. The Morgan fingerprint density at radius 2 is 1.94 bits per heavy atom. The van der Waals surface area contributed by atoms with E-state index in [-0.39, 0.29) is 24.5 Å². The van der Waals surface area contributed by atoms with Crippen LogP contribution in [-0.4, -0.2) is 58.1 Å². The van der Waals surface area contributed by atoms with E-state index in [0.29, 0.717) is 42.1 Å². The molecule has 2 aliphatic rings. The van der Waals surface area contributed by atoms with E-state index in [0.717, 1.165) is 19.4 Å². The van der Waals surface area contributed by atoms with Crippen LogP contribution in [0.15, 0.2) is 27.2 Å². The molecule has 0 unspecified atom stereocenters. The predicted molar refractivity (Wildman–Crippen MR) is 118 cm³/mol. The number of ether oxygens (including phenoxy) is 1. The number of piperidine rings is 1. The van der Waals surface area contributed by atoms with Gasteiger partial charge in [-0.05, 0) is 71.4 Å². The lowest BCUT2D eigenvalue weighted by atomic mass is 10.0. The standard InChI is InChI=1S/C24H33N3O5/c1-16-19(25-22(31-16)20-6-5-13-30-20)14-21(28)26-11-9-18(10-12-26)27(15-17-7-8-17)23(29)32-24(2,3)4/h5-6,13,17-18H,7-12,14-15H2,1-4H3. The normalized spacial score (nSPS) is 17.4. The molecule has 1 aliphatic carbocycles. The van der Waals surface area contributed by atoms with Crippen LogP contribution in [0.4, 0.5) is 4.79 Å². The molecule has 8 nitrogen and oxygen atoms in total. The SMILES string of the molecule is Cc1oc(-c2ccco2)nc1CC(=O)N1CCC(N(CC2CC2)C(=O)OC(C)(C)C)CC1. The average molecular weight is 444 g/mol. The number of hydrogen-bond donors (Lipinski definition) is 0. The van der Waals surface area contributed by atoms with Crippen LogP contribution >= 0.6 is 0 Å². The molecular weight excluding hydrogens is 410 g/mol. The summed E-state index contributed by atoms with van der Waals surface area (Å²) in [6, 6.07) is 3.65. The number of likely N-dealkylation sites (tertiary alicyclic amines) is 1. The largest absolute Gasteiger partial charge is 0.459 e. The molecule has 2 fully saturated rings. The van der Waals surface area contributed by atoms with E-state index >= 15 is 0 Å². The third-order valence-corrected chi connectivity index (χ3v) is 5.98. The Morgan fingerprint density at radius 3 is 2.53 bits per heavy atom. The molecule has 0 radical (unpaired) electrons. The van der Waals surface area contributed by atoms with Gasteiger partial charge < -0.3 is 23.4 Å². The van der Waals surface area contributed by atoms with Crippen molar-refractivity contribution in [1.29, 1.82) is 0 Å². The molecular formula is C24H33N3O5. The maximum absolute atomic E-state index is 12.9. The Kier molecular flexibility index (Phi) is 6.31. The molecule has 1 saturated heterocycles. The first-order valence-corrected chi connectivity index (χ1v) is 11.5. The van der Waals surface area contributed by atoms with Gasteiger partial charge >= 0.3 is 6.09 Å². The number of aryl methyl sites for hydroxylation is 1. The summed E-state index contributed by atoms with van der Waals surface area (Å²) in [7, 11) is 0. The monoisotopic (exact) mass is 443 g/mol. The van der Waals surface area contributed by atoms with Crippen LogP contribution in [0.5, 0.6) is 0 Å². The van der Waals surface area contributed by atoms with Crippen molar-refractivity contribution in [1.82, 2.24) is 14.8 Å². The highest BCUT2D eigenvalue weighted by Crippen LogP contribution is 2.32. The number of amides is 2. The highest BCUT2D eigenvalue weighted by molar-refractivity contribution is 5.79. The van der Waals surface area contributed by atoms with Crippen LogP contribution in [0.3, 0.4) is 0 Å². The maximum Gasteiger partial charge on any atom is 0.410 e. The van der Waals surface area contributed by atoms with Gasteiger partial charge in [0.05, 0.1) is 18.4 Å². The van der Waals surface area contributed by atoms with Crippen molar-refractivity contribution in [2.24, 2.45) is 5.92 Å². The molecule has 4 rings (SSSR count). The summed E-state index contributed by atoms with van der Waals surface area (Å²) < 4.78 is 16.7. The Hall–Kier alpha value is -2.77. The molecule has 1 saturated carbocycles. The number of oxazole rings is 1. The minimum Gasteiger partial charge on any atom is -0.459 e. The Morgan fingerprint density at radius 1 is 1.22 bits per heavy atom. The quantitative estimate of drug-likeness (QED) is 0.656. The zero-order valence-electron chi connectivity index (χ0n) is 19.4. The smallest absolute Gasteiger partial charge is 0.410 e. The summed E-state index contributed by atoms with van der Waals surface area (Å²) >= 11 is 0. The van der Waals surface area contributed by atoms with Gasteiger partial charge in [0.1, 0.15) is 11.4 Å². The molecule has 174 valence electrons. The molecule has 2 aromatic heterocycles. The number of carbonyl (C=O) groups is 2. The van der Waals surface area contributed by atoms with Crippen molar-refractivity contribution in [2.75, 3.05) is 19.6 Å². The minimum absolute atomic E-state index is 0.0249. The molecule has 32 heavy (non-hydrogen) atoms. The van der Waals surface area contributed by atoms with Crippen LogP contribution < -0.4 is 0 Å². The first-order valence-electron chi connectivity index (χ1n) is 11.5. The molecule has 3 heterocycles. The van der Waals surface area contributed by atoms with Crippen LogP contribution in [-0.2, 0) is 16.0 Å². The Labute approximate surface area is 188 Å². The van der Waals surface area contributed by atoms with Crippen molar-refractivity contribution < 1.29 is 23.2 Å². The highest BCUT2D eigenvalue weighted by Gasteiger charge is 2.36. The van der Waals surface area contributed by atoms with E-state index in [2.05, 4.69) is 4.98 Å². The van der Waals surface area contributed by atoms with Gasteiger partial charge in [0.25, 0.3) is 5.89 Å². The third-order valence-electron chi connectivity index (χ3n) is 5.98. The molecule has 0 aromatic carbocycles. The van der Waals surface area contributed by atoms with Crippen molar-refractivity contribution >= 4 is 12.0 Å². The van der Waals surface area contributed by atoms with Gasteiger partial charge in [0.15, 0.2) is 5.76 Å². The highest BCUT2D eigenvalue weighted by atomic mass is 16.6. The van der Waals surface area contributed by atoms with E-state index in [9.17, 15) is 9.59 Å². The molecule has 0 N–H and O–H groups in total. The first-order chi connectivity index (χ1) is 15.2. The van der Waals surface area contributed by atoms with Gasteiger partial charge in [-0.2, -0.15) is 0 Å². The van der Waals surface area contributed by atoms with Crippen LogP contribution in [0.1, 0.15) is 57.9 Å². The summed E-state index contributed by atoms with van der Waals surface area (Å²) in [5.41, 5.74) is 0.118. The van der Waals surface area contributed by atoms with E-state index in [1.807, 2.05) is 37.5 Å². The number of nitrogens with zero attached hydrogens (tertiary/aromatic N) is 3. The maximum atomic E-state index is 12.9. The van der Waals surface area contributed by atoms with Gasteiger partial charge in [-0.15, -0.1) is 0 Å². The zero-order chi connectivity index (χ0) is 22.9. The lowest BCUT2D eigenvalue weighted by Crippen LogP contribution is -2.50. The third kappa shape index (κ3) is 5.53. The number of hydrogen-bond acceptors (Lipinski definition) is 6. The second-order valence-corrected chi connectivity index (χ2v) is 9.86. The molecule has 2 aromatic rings. The fraction of sp³-hybridized carbons (Fsp3) is 0.625.